The Balaban J connectivity index is 1.57. The third kappa shape index (κ3) is 4.84. The summed E-state index contributed by atoms with van der Waals surface area (Å²) in [6.45, 7) is 5.05. The van der Waals surface area contributed by atoms with Gasteiger partial charge >= 0.3 is 0 Å². The molecule has 0 unspecified atom stereocenters. The zero-order chi connectivity index (χ0) is 18.2. The molecule has 0 bridgehead atoms. The first-order valence-corrected chi connectivity index (χ1v) is 9.07. The van der Waals surface area contributed by atoms with Crippen LogP contribution in [0.5, 0.6) is 0 Å². The van der Waals surface area contributed by atoms with Gasteiger partial charge in [-0.1, -0.05) is 35.5 Å². The quantitative estimate of drug-likeness (QED) is 0.612. The number of rotatable bonds is 6. The zero-order valence-corrected chi connectivity index (χ0v) is 15.1. The van der Waals surface area contributed by atoms with Crippen molar-refractivity contribution in [2.24, 2.45) is 4.99 Å². The van der Waals surface area contributed by atoms with Gasteiger partial charge in [-0.2, -0.15) is 0 Å². The Morgan fingerprint density at radius 3 is 2.73 bits per heavy atom. The van der Waals surface area contributed by atoms with Crippen molar-refractivity contribution in [3.8, 4) is 11.3 Å². The van der Waals surface area contributed by atoms with E-state index in [0.717, 1.165) is 49.5 Å². The Labute approximate surface area is 153 Å². The number of benzene rings is 1. The molecule has 0 atom stereocenters. The van der Waals surface area contributed by atoms with E-state index in [0.29, 0.717) is 12.5 Å². The Kier molecular flexibility index (Phi) is 6.24. The van der Waals surface area contributed by atoms with Crippen molar-refractivity contribution in [3.63, 3.8) is 0 Å². The number of hydrogen-bond acceptors (Lipinski definition) is 4. The van der Waals surface area contributed by atoms with Crippen molar-refractivity contribution >= 4 is 11.9 Å². The van der Waals surface area contributed by atoms with E-state index in [1.165, 1.54) is 0 Å². The summed E-state index contributed by atoms with van der Waals surface area (Å²) in [6, 6.07) is 11.7. The number of aromatic nitrogens is 1. The third-order valence-electron chi connectivity index (χ3n) is 4.23. The summed E-state index contributed by atoms with van der Waals surface area (Å²) in [4.78, 5) is 18.5. The summed E-state index contributed by atoms with van der Waals surface area (Å²) >= 11 is 0. The van der Waals surface area contributed by atoms with Gasteiger partial charge in [0.2, 0.25) is 5.91 Å². The summed E-state index contributed by atoms with van der Waals surface area (Å²) in [5, 5.41) is 10.3. The van der Waals surface area contributed by atoms with Crippen LogP contribution in [-0.4, -0.2) is 48.1 Å². The van der Waals surface area contributed by atoms with Crippen molar-refractivity contribution in [1.29, 1.82) is 0 Å². The molecule has 0 aliphatic carbocycles. The number of likely N-dealkylation sites (tertiary alicyclic amines) is 1. The van der Waals surface area contributed by atoms with Gasteiger partial charge in [0.1, 0.15) is 5.69 Å². The van der Waals surface area contributed by atoms with Crippen LogP contribution in [0.3, 0.4) is 0 Å². The van der Waals surface area contributed by atoms with Gasteiger partial charge in [-0.05, 0) is 19.8 Å². The molecular formula is C19H25N5O2. The molecule has 2 heterocycles. The van der Waals surface area contributed by atoms with Gasteiger partial charge < -0.3 is 20.1 Å². The van der Waals surface area contributed by atoms with E-state index in [1.54, 1.807) is 0 Å². The van der Waals surface area contributed by atoms with Crippen LogP contribution < -0.4 is 10.6 Å². The second-order valence-electron chi connectivity index (χ2n) is 6.19. The molecule has 2 N–H and O–H groups in total. The zero-order valence-electron chi connectivity index (χ0n) is 15.1. The third-order valence-corrected chi connectivity index (χ3v) is 4.23. The van der Waals surface area contributed by atoms with Gasteiger partial charge in [-0.25, -0.2) is 4.99 Å². The second kappa shape index (κ2) is 9.03. The lowest BCUT2D eigenvalue weighted by Gasteiger charge is -2.17. The number of hydrogen-bond donors (Lipinski definition) is 2. The topological polar surface area (TPSA) is 82.8 Å². The molecule has 1 aliphatic heterocycles. The van der Waals surface area contributed by atoms with E-state index < -0.39 is 0 Å². The highest BCUT2D eigenvalue weighted by Crippen LogP contribution is 2.19. The largest absolute Gasteiger partial charge is 0.357 e. The number of nitrogens with one attached hydrogen (secondary N) is 2. The molecule has 1 aromatic carbocycles. The standard InChI is InChI=1S/C19H25N5O2/c1-2-20-19(22-14-18(25)24-10-6-7-11-24)21-13-16-12-17(26-23-16)15-8-4-3-5-9-15/h3-5,8-9,12H,2,6-7,10-11,13-14H2,1H3,(H2,20,21,22). The van der Waals surface area contributed by atoms with Crippen LogP contribution in [0.25, 0.3) is 11.3 Å². The number of aliphatic imine (C=N–C) groups is 1. The molecule has 26 heavy (non-hydrogen) atoms. The first kappa shape index (κ1) is 18.0. The molecule has 1 aromatic heterocycles. The Morgan fingerprint density at radius 2 is 2.00 bits per heavy atom. The second-order valence-corrected chi connectivity index (χ2v) is 6.19. The summed E-state index contributed by atoms with van der Waals surface area (Å²) in [7, 11) is 0. The van der Waals surface area contributed by atoms with Crippen LogP contribution in [0.4, 0.5) is 0 Å². The molecule has 138 valence electrons. The highest BCUT2D eigenvalue weighted by molar-refractivity contribution is 5.86. The van der Waals surface area contributed by atoms with E-state index in [9.17, 15) is 4.79 Å². The Morgan fingerprint density at radius 1 is 1.23 bits per heavy atom. The average molecular weight is 355 g/mol. The predicted octanol–water partition coefficient (Wildman–Crippen LogP) is 2.02. The lowest BCUT2D eigenvalue weighted by atomic mass is 10.2. The van der Waals surface area contributed by atoms with Crippen LogP contribution in [0.2, 0.25) is 0 Å². The number of nitrogens with zero attached hydrogens (tertiary/aromatic N) is 3. The molecule has 1 fully saturated rings. The highest BCUT2D eigenvalue weighted by Gasteiger charge is 2.17. The van der Waals surface area contributed by atoms with Gasteiger partial charge in [-0.15, -0.1) is 0 Å². The van der Waals surface area contributed by atoms with Gasteiger partial charge in [0, 0.05) is 31.3 Å². The minimum absolute atomic E-state index is 0.112. The summed E-state index contributed by atoms with van der Waals surface area (Å²) < 4.78 is 5.39. The highest BCUT2D eigenvalue weighted by atomic mass is 16.5. The van der Waals surface area contributed by atoms with Crippen LogP contribution in [0, 0.1) is 0 Å². The maximum atomic E-state index is 12.1. The molecule has 1 aliphatic rings. The number of carbonyl (C=O) groups is 1. The molecule has 7 nitrogen and oxygen atoms in total. The lowest BCUT2D eigenvalue weighted by Crippen LogP contribution is -2.44. The molecule has 1 saturated heterocycles. The van der Waals surface area contributed by atoms with E-state index in [1.807, 2.05) is 48.2 Å². The molecule has 1 amide bonds. The summed E-state index contributed by atoms with van der Waals surface area (Å²) in [6.07, 6.45) is 2.19. The van der Waals surface area contributed by atoms with E-state index in [2.05, 4.69) is 20.8 Å². The number of amides is 1. The smallest absolute Gasteiger partial charge is 0.241 e. The molecule has 0 radical (unpaired) electrons. The maximum Gasteiger partial charge on any atom is 0.241 e. The van der Waals surface area contributed by atoms with Crippen LogP contribution >= 0.6 is 0 Å². The minimum Gasteiger partial charge on any atom is -0.357 e. The van der Waals surface area contributed by atoms with E-state index in [4.69, 9.17) is 4.52 Å². The fraction of sp³-hybridized carbons (Fsp3) is 0.421. The summed E-state index contributed by atoms with van der Waals surface area (Å²) in [5.41, 5.74) is 1.73. The van der Waals surface area contributed by atoms with Crippen LogP contribution in [-0.2, 0) is 11.3 Å². The monoisotopic (exact) mass is 355 g/mol. The van der Waals surface area contributed by atoms with Crippen molar-refractivity contribution < 1.29 is 9.32 Å². The average Bonchev–Trinajstić information content (AvgIpc) is 3.36. The van der Waals surface area contributed by atoms with E-state index >= 15 is 0 Å². The van der Waals surface area contributed by atoms with Crippen LogP contribution in [0.1, 0.15) is 25.5 Å². The fourth-order valence-corrected chi connectivity index (χ4v) is 2.86. The van der Waals surface area contributed by atoms with Crippen molar-refractivity contribution in [2.75, 3.05) is 26.2 Å². The van der Waals surface area contributed by atoms with Crippen LogP contribution in [0.15, 0.2) is 45.9 Å². The molecule has 0 saturated carbocycles. The summed E-state index contributed by atoms with van der Waals surface area (Å²) in [5.74, 6) is 1.43. The molecule has 2 aromatic rings. The molecule has 0 spiro atoms. The molecule has 7 heteroatoms. The fourth-order valence-electron chi connectivity index (χ4n) is 2.86. The Hall–Kier alpha value is -2.83. The minimum atomic E-state index is 0.112. The van der Waals surface area contributed by atoms with Crippen molar-refractivity contribution in [1.82, 2.24) is 20.7 Å². The van der Waals surface area contributed by atoms with Crippen molar-refractivity contribution in [3.05, 3.63) is 42.1 Å². The molecular weight excluding hydrogens is 330 g/mol. The van der Waals surface area contributed by atoms with Gasteiger partial charge in [0.25, 0.3) is 0 Å². The number of guanidine groups is 1. The normalized spacial score (nSPS) is 14.5. The van der Waals surface area contributed by atoms with E-state index in [-0.39, 0.29) is 12.5 Å². The van der Waals surface area contributed by atoms with Crippen molar-refractivity contribution in [2.45, 2.75) is 26.3 Å². The first-order chi connectivity index (χ1) is 12.8. The lowest BCUT2D eigenvalue weighted by molar-refractivity contribution is -0.128. The first-order valence-electron chi connectivity index (χ1n) is 9.07. The SMILES string of the molecule is CCNC(=NCc1cc(-c2ccccc2)on1)NCC(=O)N1CCCC1. The van der Waals surface area contributed by atoms with Gasteiger partial charge in [-0.3, -0.25) is 4.79 Å². The van der Waals surface area contributed by atoms with Gasteiger partial charge in [0.15, 0.2) is 11.7 Å². The molecule has 3 rings (SSSR count). The van der Waals surface area contributed by atoms with Gasteiger partial charge in [0.05, 0.1) is 13.1 Å². The number of carbonyl (C=O) groups excluding carboxylic acids is 1. The maximum absolute atomic E-state index is 12.1. The Bertz CT molecular complexity index is 735. The predicted molar refractivity (Wildman–Crippen MR) is 101 cm³/mol.